The number of carbonyl (C=O) groups excluding carboxylic acids is 1. The molecule has 1 aromatic heterocycles. The maximum absolute atomic E-state index is 12.7. The fourth-order valence-corrected chi connectivity index (χ4v) is 4.45. The summed E-state index contributed by atoms with van der Waals surface area (Å²) >= 11 is 1.03. The number of sulfone groups is 1. The van der Waals surface area contributed by atoms with E-state index in [2.05, 4.69) is 15.3 Å². The molecule has 0 radical (unpaired) electrons. The number of H-pyrrole nitrogens is 1. The van der Waals surface area contributed by atoms with Crippen molar-refractivity contribution in [1.82, 2.24) is 9.97 Å². The first kappa shape index (κ1) is 20.8. The van der Waals surface area contributed by atoms with Gasteiger partial charge >= 0.3 is 0 Å². The highest BCUT2D eigenvalue weighted by molar-refractivity contribution is 8.00. The molecule has 150 valence electrons. The molecule has 29 heavy (non-hydrogen) atoms. The summed E-state index contributed by atoms with van der Waals surface area (Å²) in [6.45, 7) is 3.51. The zero-order valence-corrected chi connectivity index (χ0v) is 17.4. The van der Waals surface area contributed by atoms with E-state index >= 15 is 0 Å². The van der Waals surface area contributed by atoms with Gasteiger partial charge in [0, 0.05) is 5.69 Å². The highest BCUT2D eigenvalue weighted by Gasteiger charge is 2.23. The second kappa shape index (κ2) is 8.62. The van der Waals surface area contributed by atoms with Gasteiger partial charge in [0.15, 0.2) is 10.1 Å². The van der Waals surface area contributed by atoms with E-state index in [1.165, 1.54) is 12.1 Å². The number of aromatic nitrogens is 2. The molecule has 2 N–H and O–H groups in total. The average molecular weight is 430 g/mol. The van der Waals surface area contributed by atoms with Gasteiger partial charge in [-0.25, -0.2) is 13.4 Å². The van der Waals surface area contributed by atoms with Gasteiger partial charge in [0.05, 0.1) is 16.3 Å². The Hall–Kier alpha value is -2.91. The van der Waals surface area contributed by atoms with E-state index in [1.807, 2.05) is 13.0 Å². The van der Waals surface area contributed by atoms with Crippen LogP contribution in [0.3, 0.4) is 0 Å². The molecule has 0 fully saturated rings. The number of aryl methyl sites for hydroxylation is 1. The number of aromatic amines is 1. The largest absolute Gasteiger partial charge is 0.325 e. The molecule has 7 nitrogen and oxygen atoms in total. The molecule has 0 spiro atoms. The second-order valence-electron chi connectivity index (χ2n) is 6.31. The first-order valence-corrected chi connectivity index (χ1v) is 11.1. The molecule has 0 unspecified atom stereocenters. The number of hydrogen-bond donors (Lipinski definition) is 2. The van der Waals surface area contributed by atoms with Crippen LogP contribution in [0.2, 0.25) is 0 Å². The van der Waals surface area contributed by atoms with E-state index in [0.29, 0.717) is 5.69 Å². The van der Waals surface area contributed by atoms with Gasteiger partial charge in [0.2, 0.25) is 15.7 Å². The van der Waals surface area contributed by atoms with E-state index in [4.69, 9.17) is 0 Å². The molecule has 0 aliphatic heterocycles. The number of anilines is 1. The van der Waals surface area contributed by atoms with E-state index < -0.39 is 25.5 Å². The SMILES string of the molecule is Cc1ccc(S(=O)(=O)c2cnc(S[C@H](C)C(=O)Nc3ccccc3)[nH]c2=O)cc1. The Morgan fingerprint density at radius 2 is 1.76 bits per heavy atom. The van der Waals surface area contributed by atoms with Crippen molar-refractivity contribution < 1.29 is 13.2 Å². The number of rotatable bonds is 6. The number of nitrogens with one attached hydrogen (secondary N) is 2. The molecule has 1 amide bonds. The van der Waals surface area contributed by atoms with Crippen molar-refractivity contribution in [1.29, 1.82) is 0 Å². The molecule has 9 heteroatoms. The van der Waals surface area contributed by atoms with Gasteiger partial charge in [0.25, 0.3) is 5.56 Å². The van der Waals surface area contributed by atoms with E-state index in [9.17, 15) is 18.0 Å². The van der Waals surface area contributed by atoms with E-state index in [1.54, 1.807) is 43.3 Å². The summed E-state index contributed by atoms with van der Waals surface area (Å²) in [7, 11) is -3.98. The number of amides is 1. The minimum absolute atomic E-state index is 0.0198. The molecule has 0 saturated carbocycles. The molecule has 2 aromatic carbocycles. The van der Waals surface area contributed by atoms with Crippen LogP contribution < -0.4 is 10.9 Å². The van der Waals surface area contributed by atoms with Crippen LogP contribution in [0, 0.1) is 6.92 Å². The van der Waals surface area contributed by atoms with Crippen LogP contribution >= 0.6 is 11.8 Å². The van der Waals surface area contributed by atoms with E-state index in [-0.39, 0.29) is 16.0 Å². The summed E-state index contributed by atoms with van der Waals surface area (Å²) in [5.41, 5.74) is 0.787. The highest BCUT2D eigenvalue weighted by atomic mass is 32.2. The summed E-state index contributed by atoms with van der Waals surface area (Å²) < 4.78 is 25.4. The van der Waals surface area contributed by atoms with Gasteiger partial charge < -0.3 is 10.3 Å². The Morgan fingerprint density at radius 3 is 2.38 bits per heavy atom. The topological polar surface area (TPSA) is 109 Å². The van der Waals surface area contributed by atoms with Crippen molar-refractivity contribution in [2.24, 2.45) is 0 Å². The van der Waals surface area contributed by atoms with Crippen LogP contribution in [0.4, 0.5) is 5.69 Å². The van der Waals surface area contributed by atoms with Crippen molar-refractivity contribution in [3.63, 3.8) is 0 Å². The molecule has 0 aliphatic rings. The van der Waals surface area contributed by atoms with Crippen molar-refractivity contribution in [3.8, 4) is 0 Å². The quantitative estimate of drug-likeness (QED) is 0.460. The van der Waals surface area contributed by atoms with Crippen LogP contribution in [0.15, 0.2) is 80.5 Å². The number of benzene rings is 2. The third-order valence-corrected chi connectivity index (χ3v) is 6.82. The Bertz CT molecular complexity index is 1170. The molecule has 3 aromatic rings. The van der Waals surface area contributed by atoms with Gasteiger partial charge in [-0.3, -0.25) is 9.59 Å². The predicted molar refractivity (Wildman–Crippen MR) is 112 cm³/mol. The van der Waals surface area contributed by atoms with Crippen LogP contribution in [0.1, 0.15) is 12.5 Å². The van der Waals surface area contributed by atoms with E-state index in [0.717, 1.165) is 23.5 Å². The number of carbonyl (C=O) groups is 1. The van der Waals surface area contributed by atoms with Crippen molar-refractivity contribution in [3.05, 3.63) is 76.7 Å². The summed E-state index contributed by atoms with van der Waals surface area (Å²) in [5.74, 6) is -0.264. The standard InChI is InChI=1S/C20H19N3O4S2/c1-13-8-10-16(11-9-13)29(26,27)17-12-21-20(23-19(17)25)28-14(2)18(24)22-15-6-4-3-5-7-15/h3-12,14H,1-2H3,(H,22,24)(H,21,23,25)/t14-/m1/s1. The van der Waals surface area contributed by atoms with Crippen molar-refractivity contribution in [2.75, 3.05) is 5.32 Å². The summed E-state index contributed by atoms with van der Waals surface area (Å²) in [6, 6.07) is 15.2. The third-order valence-electron chi connectivity index (χ3n) is 4.06. The molecule has 1 heterocycles. The normalized spacial score (nSPS) is 12.3. The summed E-state index contributed by atoms with van der Waals surface area (Å²) in [4.78, 5) is 30.7. The highest BCUT2D eigenvalue weighted by Crippen LogP contribution is 2.22. The average Bonchev–Trinajstić information content (AvgIpc) is 2.69. The van der Waals surface area contributed by atoms with Crippen molar-refractivity contribution >= 4 is 33.2 Å². The predicted octanol–water partition coefficient (Wildman–Crippen LogP) is 3.03. The smallest absolute Gasteiger partial charge is 0.270 e. The lowest BCUT2D eigenvalue weighted by molar-refractivity contribution is -0.115. The molecular weight excluding hydrogens is 410 g/mol. The minimum Gasteiger partial charge on any atom is -0.325 e. The summed E-state index contributed by atoms with van der Waals surface area (Å²) in [6.07, 6.45) is 1.03. The maximum atomic E-state index is 12.7. The van der Waals surface area contributed by atoms with Gasteiger partial charge in [-0.05, 0) is 38.1 Å². The lowest BCUT2D eigenvalue weighted by Gasteiger charge is -2.11. The Labute approximate surface area is 172 Å². The first-order chi connectivity index (χ1) is 13.8. The second-order valence-corrected chi connectivity index (χ2v) is 9.56. The molecule has 0 bridgehead atoms. The number of nitrogens with zero attached hydrogens (tertiary/aromatic N) is 1. The zero-order valence-electron chi connectivity index (χ0n) is 15.7. The Morgan fingerprint density at radius 1 is 1.10 bits per heavy atom. The van der Waals surface area contributed by atoms with Crippen LogP contribution in [-0.4, -0.2) is 29.5 Å². The number of para-hydroxylation sites is 1. The molecule has 0 aliphatic carbocycles. The van der Waals surface area contributed by atoms with Gasteiger partial charge in [-0.2, -0.15) is 0 Å². The lowest BCUT2D eigenvalue weighted by atomic mass is 10.2. The van der Waals surface area contributed by atoms with Crippen LogP contribution in [-0.2, 0) is 14.6 Å². The third kappa shape index (κ3) is 4.93. The minimum atomic E-state index is -3.98. The lowest BCUT2D eigenvalue weighted by Crippen LogP contribution is -2.24. The van der Waals surface area contributed by atoms with Crippen LogP contribution in [0.25, 0.3) is 0 Å². The van der Waals surface area contributed by atoms with Gasteiger partial charge in [0.1, 0.15) is 0 Å². The molecule has 0 saturated heterocycles. The molecule has 3 rings (SSSR count). The number of hydrogen-bond acceptors (Lipinski definition) is 6. The molecule has 1 atom stereocenters. The number of thioether (sulfide) groups is 1. The zero-order chi connectivity index (χ0) is 21.0. The first-order valence-electron chi connectivity index (χ1n) is 8.71. The van der Waals surface area contributed by atoms with Gasteiger partial charge in [-0.15, -0.1) is 0 Å². The monoisotopic (exact) mass is 429 g/mol. The maximum Gasteiger partial charge on any atom is 0.270 e. The fourth-order valence-electron chi connectivity index (χ4n) is 2.45. The fraction of sp³-hybridized carbons (Fsp3) is 0.150. The Kier molecular flexibility index (Phi) is 6.19. The summed E-state index contributed by atoms with van der Waals surface area (Å²) in [5, 5.41) is 2.37. The molecular formula is C20H19N3O4S2. The van der Waals surface area contributed by atoms with Crippen molar-refractivity contribution in [2.45, 2.75) is 34.0 Å². The van der Waals surface area contributed by atoms with Gasteiger partial charge in [-0.1, -0.05) is 47.7 Å². The van der Waals surface area contributed by atoms with Crippen LogP contribution in [0.5, 0.6) is 0 Å². The Balaban J connectivity index is 1.76.